The molecule has 0 aliphatic heterocycles. The summed E-state index contributed by atoms with van der Waals surface area (Å²) in [6, 6.07) is 33.0. The first-order chi connectivity index (χ1) is 23.2. The summed E-state index contributed by atoms with van der Waals surface area (Å²) in [4.78, 5) is 34.4. The summed E-state index contributed by atoms with van der Waals surface area (Å²) in [6.07, 6.45) is -0.912. The van der Waals surface area contributed by atoms with E-state index in [1.807, 2.05) is 48.5 Å². The molecule has 5 aromatic rings. The van der Waals surface area contributed by atoms with Crippen molar-refractivity contribution >= 4 is 38.0 Å². The first-order valence-electron chi connectivity index (χ1n) is 15.5. The van der Waals surface area contributed by atoms with Gasteiger partial charge in [-0.3, -0.25) is 4.99 Å². The summed E-state index contributed by atoms with van der Waals surface area (Å²) in [6.45, 7) is 2.16. The molecule has 2 aliphatic carbocycles. The molecule has 2 amide bonds. The maximum absolute atomic E-state index is 12.4. The number of carbonyl (C=O) groups excluding carboxylic acids is 2. The highest BCUT2D eigenvalue weighted by molar-refractivity contribution is 7.69. The van der Waals surface area contributed by atoms with Crippen LogP contribution in [0.15, 0.2) is 102 Å². The van der Waals surface area contributed by atoms with Crippen molar-refractivity contribution in [2.24, 2.45) is 4.99 Å². The topological polar surface area (TPSA) is 114 Å². The molecule has 47 heavy (non-hydrogen) atoms. The maximum atomic E-state index is 12.4. The van der Waals surface area contributed by atoms with E-state index in [2.05, 4.69) is 74.5 Å². The largest absolute Gasteiger partial charge is 0.449 e. The van der Waals surface area contributed by atoms with Crippen LogP contribution in [0.3, 0.4) is 0 Å². The fraction of sp³-hybridized carbons (Fsp3) is 0.222. The van der Waals surface area contributed by atoms with Crippen LogP contribution in [-0.4, -0.2) is 56.6 Å². The van der Waals surface area contributed by atoms with E-state index in [0.29, 0.717) is 36.1 Å². The zero-order valence-corrected chi connectivity index (χ0v) is 27.1. The molecule has 11 heteroatoms. The molecule has 0 radical (unpaired) electrons. The third-order valence-corrected chi connectivity index (χ3v) is 10.4. The fourth-order valence-electron chi connectivity index (χ4n) is 6.27. The Balaban J connectivity index is 0.801. The summed E-state index contributed by atoms with van der Waals surface area (Å²) in [5.74, 6) is 0.0500. The number of hydrogen-bond acceptors (Lipinski definition) is 9. The second kappa shape index (κ2) is 14.2. The molecule has 1 aromatic heterocycles. The highest BCUT2D eigenvalue weighted by Crippen LogP contribution is 2.45. The van der Waals surface area contributed by atoms with Crippen molar-refractivity contribution in [3.05, 3.63) is 124 Å². The van der Waals surface area contributed by atoms with Crippen molar-refractivity contribution in [1.82, 2.24) is 15.6 Å². The highest BCUT2D eigenvalue weighted by atomic mass is 32.9. The van der Waals surface area contributed by atoms with Crippen LogP contribution in [0.1, 0.15) is 34.1 Å². The molecule has 4 aromatic carbocycles. The Kier molecular flexibility index (Phi) is 9.25. The summed E-state index contributed by atoms with van der Waals surface area (Å²) < 4.78 is 11.2. The molecule has 2 aliphatic rings. The van der Waals surface area contributed by atoms with Gasteiger partial charge in [0.25, 0.3) is 0 Å². The molecular formula is C36H33N5O4S2. The van der Waals surface area contributed by atoms with Gasteiger partial charge in [-0.05, 0) is 65.2 Å². The number of fused-ring (bicyclic) bond motifs is 6. The standard InChI is InChI=1S/C36H33N5O4S2/c42-35(44-21-31-27-13-5-1-9-23(27)24-10-2-6-14-28(24)31)39-19-17-37-33-41-34(47-46-33)38-18-20-40-36(43)45-22-32-29-15-7-3-11-25(29)26-12-4-8-16-30(26)32/h1-16,31-32H,17-22H2,(H,39,42)(H,40,43)(H,37,38,41). The van der Waals surface area contributed by atoms with E-state index in [4.69, 9.17) is 9.47 Å². The summed E-state index contributed by atoms with van der Waals surface area (Å²) in [5, 5.41) is 9.51. The van der Waals surface area contributed by atoms with Gasteiger partial charge in [-0.15, -0.1) is 0 Å². The SMILES string of the molecule is O=C(NCCN=c1nc(NCCNC(=O)OCC2c3ccccc3-c3ccccc32)ss1)OCC1c2ccccc2-c2ccccc21. The van der Waals surface area contributed by atoms with E-state index in [9.17, 15) is 9.59 Å². The van der Waals surface area contributed by atoms with Crippen molar-refractivity contribution in [3.8, 4) is 22.3 Å². The lowest BCUT2D eigenvalue weighted by atomic mass is 9.98. The quantitative estimate of drug-likeness (QED) is 0.109. The van der Waals surface area contributed by atoms with Crippen LogP contribution >= 0.6 is 20.7 Å². The maximum Gasteiger partial charge on any atom is 0.407 e. The minimum absolute atomic E-state index is 0.0229. The van der Waals surface area contributed by atoms with Gasteiger partial charge in [0.1, 0.15) is 13.2 Å². The van der Waals surface area contributed by atoms with Crippen LogP contribution in [0.2, 0.25) is 0 Å². The number of nitrogens with zero attached hydrogens (tertiary/aromatic N) is 2. The van der Waals surface area contributed by atoms with Crippen molar-refractivity contribution in [3.63, 3.8) is 0 Å². The summed E-state index contributed by atoms with van der Waals surface area (Å²) >= 11 is 0. The minimum Gasteiger partial charge on any atom is -0.449 e. The molecule has 9 nitrogen and oxygen atoms in total. The third kappa shape index (κ3) is 6.77. The molecule has 0 atom stereocenters. The van der Waals surface area contributed by atoms with Crippen molar-refractivity contribution in [2.45, 2.75) is 11.8 Å². The Morgan fingerprint density at radius 1 is 0.617 bits per heavy atom. The van der Waals surface area contributed by atoms with Crippen molar-refractivity contribution in [1.29, 1.82) is 0 Å². The van der Waals surface area contributed by atoms with Gasteiger partial charge >= 0.3 is 12.2 Å². The number of ether oxygens (including phenoxy) is 2. The molecule has 0 saturated heterocycles. The lowest BCUT2D eigenvalue weighted by Gasteiger charge is -2.14. The lowest BCUT2D eigenvalue weighted by Crippen LogP contribution is -2.30. The average molecular weight is 664 g/mol. The normalized spacial score (nSPS) is 13.3. The molecule has 1 heterocycles. The monoisotopic (exact) mass is 663 g/mol. The molecule has 3 N–H and O–H groups in total. The van der Waals surface area contributed by atoms with E-state index >= 15 is 0 Å². The van der Waals surface area contributed by atoms with Gasteiger partial charge in [-0.2, -0.15) is 4.98 Å². The van der Waals surface area contributed by atoms with Gasteiger partial charge in [-0.25, -0.2) is 9.59 Å². The van der Waals surface area contributed by atoms with Crippen LogP contribution in [0.4, 0.5) is 14.7 Å². The number of anilines is 1. The number of aromatic nitrogens is 1. The van der Waals surface area contributed by atoms with E-state index < -0.39 is 12.2 Å². The number of alkyl carbamates (subject to hydrolysis) is 2. The summed E-state index contributed by atoms with van der Waals surface area (Å²) in [7, 11) is 2.91. The van der Waals surface area contributed by atoms with Crippen molar-refractivity contribution < 1.29 is 19.1 Å². The second-order valence-corrected chi connectivity index (χ2v) is 13.3. The number of hydrogen-bond donors (Lipinski definition) is 3. The van der Waals surface area contributed by atoms with Crippen LogP contribution in [0.5, 0.6) is 0 Å². The van der Waals surface area contributed by atoms with Gasteiger partial charge in [0.05, 0.1) is 6.54 Å². The number of nitrogens with one attached hydrogen (secondary N) is 3. The molecule has 0 fully saturated rings. The Morgan fingerprint density at radius 2 is 1.06 bits per heavy atom. The molecule has 0 bridgehead atoms. The predicted molar refractivity (Wildman–Crippen MR) is 185 cm³/mol. The van der Waals surface area contributed by atoms with Gasteiger partial charge in [0, 0.05) is 31.5 Å². The van der Waals surface area contributed by atoms with Gasteiger partial charge < -0.3 is 25.4 Å². The minimum atomic E-state index is -0.463. The second-order valence-electron chi connectivity index (χ2n) is 11.2. The fourth-order valence-corrected chi connectivity index (χ4v) is 8.06. The molecule has 238 valence electrons. The zero-order valence-electron chi connectivity index (χ0n) is 25.5. The Labute approximate surface area is 279 Å². The van der Waals surface area contributed by atoms with E-state index in [1.54, 1.807) is 0 Å². The zero-order chi connectivity index (χ0) is 32.0. The van der Waals surface area contributed by atoms with E-state index in [-0.39, 0.29) is 25.0 Å². The van der Waals surface area contributed by atoms with Crippen molar-refractivity contribution in [2.75, 3.05) is 44.7 Å². The Morgan fingerprint density at radius 3 is 1.55 bits per heavy atom. The van der Waals surface area contributed by atoms with Gasteiger partial charge in [0.2, 0.25) is 4.80 Å². The van der Waals surface area contributed by atoms with E-state index in [1.165, 1.54) is 65.2 Å². The third-order valence-electron chi connectivity index (χ3n) is 8.38. The van der Waals surface area contributed by atoms with Crippen LogP contribution < -0.4 is 20.8 Å². The number of amides is 2. The van der Waals surface area contributed by atoms with E-state index in [0.717, 1.165) is 0 Å². The average Bonchev–Trinajstić information content (AvgIpc) is 3.79. The molecular weight excluding hydrogens is 631 g/mol. The Hall–Kier alpha value is -5.00. The number of carbonyl (C=O) groups is 2. The highest BCUT2D eigenvalue weighted by Gasteiger charge is 2.30. The number of rotatable bonds is 11. The first-order valence-corrected chi connectivity index (χ1v) is 17.7. The molecule has 7 rings (SSSR count). The van der Waals surface area contributed by atoms with Crippen LogP contribution in [0, 0.1) is 0 Å². The predicted octanol–water partition coefficient (Wildman–Crippen LogP) is 6.59. The smallest absolute Gasteiger partial charge is 0.407 e. The number of benzene rings is 4. The molecule has 0 saturated carbocycles. The lowest BCUT2D eigenvalue weighted by molar-refractivity contribution is 0.142. The first kappa shape index (κ1) is 30.6. The van der Waals surface area contributed by atoms with Crippen LogP contribution in [0.25, 0.3) is 22.3 Å². The van der Waals surface area contributed by atoms with Gasteiger partial charge in [0.15, 0.2) is 5.13 Å². The molecule has 0 spiro atoms. The van der Waals surface area contributed by atoms with Crippen LogP contribution in [-0.2, 0) is 9.47 Å². The molecule has 0 unspecified atom stereocenters. The van der Waals surface area contributed by atoms with Gasteiger partial charge in [-0.1, -0.05) is 97.1 Å². The summed E-state index contributed by atoms with van der Waals surface area (Å²) in [5.41, 5.74) is 9.51. The Bertz CT molecular complexity index is 1880.